The van der Waals surface area contributed by atoms with Gasteiger partial charge in [-0.25, -0.2) is 0 Å². The third kappa shape index (κ3) is 5.88. The van der Waals surface area contributed by atoms with E-state index in [4.69, 9.17) is 9.47 Å². The van der Waals surface area contributed by atoms with Crippen molar-refractivity contribution >= 4 is 23.2 Å². The molecule has 190 valence electrons. The first-order valence-corrected chi connectivity index (χ1v) is 12.4. The second kappa shape index (κ2) is 12.2. The predicted octanol–water partition coefficient (Wildman–Crippen LogP) is 6.59. The molecule has 3 rings (SSSR count). The number of benzene rings is 3. The van der Waals surface area contributed by atoms with Crippen molar-refractivity contribution < 1.29 is 19.1 Å². The molecule has 0 aromatic heterocycles. The number of hydrogen-bond donors (Lipinski definition) is 0. The van der Waals surface area contributed by atoms with E-state index in [1.54, 1.807) is 62.8 Å². The van der Waals surface area contributed by atoms with Crippen LogP contribution < -0.4 is 19.3 Å². The number of anilines is 2. The molecule has 3 aromatic carbocycles. The van der Waals surface area contributed by atoms with Crippen molar-refractivity contribution in [1.82, 2.24) is 0 Å². The van der Waals surface area contributed by atoms with Gasteiger partial charge in [-0.1, -0.05) is 13.8 Å². The smallest absolute Gasteiger partial charge is 0.258 e. The molecule has 0 saturated heterocycles. The van der Waals surface area contributed by atoms with E-state index < -0.39 is 0 Å². The van der Waals surface area contributed by atoms with Gasteiger partial charge in [0.2, 0.25) is 0 Å². The van der Waals surface area contributed by atoms with Gasteiger partial charge < -0.3 is 19.3 Å². The maximum absolute atomic E-state index is 13.5. The lowest BCUT2D eigenvalue weighted by molar-refractivity contribution is 0.0969. The molecule has 0 bridgehead atoms. The highest BCUT2D eigenvalue weighted by Crippen LogP contribution is 2.28. The first-order chi connectivity index (χ1) is 17.3. The molecule has 2 atom stereocenters. The molecule has 36 heavy (non-hydrogen) atoms. The third-order valence-electron chi connectivity index (χ3n) is 6.58. The quantitative estimate of drug-likeness (QED) is 0.323. The summed E-state index contributed by atoms with van der Waals surface area (Å²) in [6.07, 6.45) is 1.61. The number of ether oxygens (including phenoxy) is 2. The Labute approximate surface area is 214 Å². The van der Waals surface area contributed by atoms with E-state index in [9.17, 15) is 9.59 Å². The van der Waals surface area contributed by atoms with E-state index in [1.165, 1.54) is 0 Å². The zero-order chi connectivity index (χ0) is 26.2. The number of amides is 2. The zero-order valence-corrected chi connectivity index (χ0v) is 22.0. The summed E-state index contributed by atoms with van der Waals surface area (Å²) in [5.41, 5.74) is 2.76. The molecular formula is C30H36N2O4. The van der Waals surface area contributed by atoms with Crippen molar-refractivity contribution in [3.63, 3.8) is 0 Å². The molecule has 0 saturated carbocycles. The summed E-state index contributed by atoms with van der Waals surface area (Å²) in [6, 6.07) is 21.9. The SMILES string of the molecule is CCC(C)N(C(=O)c1ccc(OC)cc1)c1ccc(N(C(=O)c2ccc(OC)cc2)C(C)CC)cc1. The fraction of sp³-hybridized carbons (Fsp3) is 0.333. The van der Waals surface area contributed by atoms with Crippen molar-refractivity contribution in [3.8, 4) is 11.5 Å². The number of hydrogen-bond acceptors (Lipinski definition) is 4. The van der Waals surface area contributed by atoms with Crippen LogP contribution in [-0.2, 0) is 0 Å². The fourth-order valence-corrected chi connectivity index (χ4v) is 4.03. The lowest BCUT2D eigenvalue weighted by Gasteiger charge is -2.31. The minimum Gasteiger partial charge on any atom is -0.497 e. The molecule has 0 radical (unpaired) electrons. The summed E-state index contributed by atoms with van der Waals surface area (Å²) in [4.78, 5) is 30.6. The van der Waals surface area contributed by atoms with Crippen LogP contribution in [0.4, 0.5) is 11.4 Å². The van der Waals surface area contributed by atoms with E-state index in [0.717, 1.165) is 24.2 Å². The van der Waals surface area contributed by atoms with Gasteiger partial charge in [-0.2, -0.15) is 0 Å². The molecule has 3 aromatic rings. The average molecular weight is 489 g/mol. The van der Waals surface area contributed by atoms with Gasteiger partial charge in [-0.15, -0.1) is 0 Å². The second-order valence-electron chi connectivity index (χ2n) is 8.84. The largest absolute Gasteiger partial charge is 0.497 e. The molecule has 6 nitrogen and oxygen atoms in total. The zero-order valence-electron chi connectivity index (χ0n) is 22.0. The molecule has 0 N–H and O–H groups in total. The summed E-state index contributed by atoms with van der Waals surface area (Å²) in [5.74, 6) is 1.26. The minimum absolute atomic E-state index is 0.00273. The normalized spacial score (nSPS) is 12.4. The molecule has 0 aliphatic rings. The van der Waals surface area contributed by atoms with Crippen molar-refractivity contribution in [2.24, 2.45) is 0 Å². The molecule has 0 fully saturated rings. The number of methoxy groups -OCH3 is 2. The lowest BCUT2D eigenvalue weighted by atomic mass is 10.1. The van der Waals surface area contributed by atoms with Crippen molar-refractivity contribution in [1.29, 1.82) is 0 Å². The first-order valence-electron chi connectivity index (χ1n) is 12.4. The Morgan fingerprint density at radius 2 is 0.917 bits per heavy atom. The van der Waals surface area contributed by atoms with Crippen LogP contribution in [0.2, 0.25) is 0 Å². The van der Waals surface area contributed by atoms with Crippen LogP contribution in [-0.4, -0.2) is 38.1 Å². The highest BCUT2D eigenvalue weighted by molar-refractivity contribution is 6.08. The number of nitrogens with zero attached hydrogens (tertiary/aromatic N) is 2. The Balaban J connectivity index is 1.93. The predicted molar refractivity (Wildman–Crippen MR) is 146 cm³/mol. The van der Waals surface area contributed by atoms with Crippen LogP contribution in [0, 0.1) is 0 Å². The van der Waals surface area contributed by atoms with Crippen LogP contribution in [0.1, 0.15) is 61.3 Å². The van der Waals surface area contributed by atoms with E-state index in [0.29, 0.717) is 22.6 Å². The van der Waals surface area contributed by atoms with Crippen LogP contribution in [0.25, 0.3) is 0 Å². The summed E-state index contributed by atoms with van der Waals surface area (Å²) in [6.45, 7) is 8.19. The number of carbonyl (C=O) groups excluding carboxylic acids is 2. The van der Waals surface area contributed by atoms with E-state index in [1.807, 2.05) is 47.9 Å². The number of rotatable bonds is 10. The summed E-state index contributed by atoms with van der Waals surface area (Å²) in [5, 5.41) is 0. The molecule has 0 aliphatic heterocycles. The Kier molecular flexibility index (Phi) is 9.12. The van der Waals surface area contributed by atoms with Crippen LogP contribution in [0.15, 0.2) is 72.8 Å². The summed E-state index contributed by atoms with van der Waals surface area (Å²) in [7, 11) is 3.21. The van der Waals surface area contributed by atoms with Gasteiger partial charge in [0.15, 0.2) is 0 Å². The van der Waals surface area contributed by atoms with Gasteiger partial charge in [-0.05, 0) is 99.5 Å². The molecule has 0 aliphatic carbocycles. The van der Waals surface area contributed by atoms with Gasteiger partial charge in [-0.3, -0.25) is 9.59 Å². The van der Waals surface area contributed by atoms with Crippen LogP contribution >= 0.6 is 0 Å². The van der Waals surface area contributed by atoms with Crippen molar-refractivity contribution in [3.05, 3.63) is 83.9 Å². The van der Waals surface area contributed by atoms with E-state index >= 15 is 0 Å². The van der Waals surface area contributed by atoms with Gasteiger partial charge in [0.25, 0.3) is 11.8 Å². The van der Waals surface area contributed by atoms with Gasteiger partial charge in [0.05, 0.1) is 14.2 Å². The summed E-state index contributed by atoms with van der Waals surface area (Å²) < 4.78 is 10.5. The maximum Gasteiger partial charge on any atom is 0.258 e. The highest BCUT2D eigenvalue weighted by atomic mass is 16.5. The molecule has 6 heteroatoms. The molecule has 0 spiro atoms. The van der Waals surface area contributed by atoms with Crippen LogP contribution in [0.3, 0.4) is 0 Å². The highest BCUT2D eigenvalue weighted by Gasteiger charge is 2.25. The monoisotopic (exact) mass is 488 g/mol. The van der Waals surface area contributed by atoms with Gasteiger partial charge in [0.1, 0.15) is 11.5 Å². The first kappa shape index (κ1) is 26.8. The standard InChI is InChI=1S/C30H36N2O4/c1-7-21(3)31(29(33)23-9-17-27(35-5)18-10-23)25-13-15-26(16-14-25)32(22(4)8-2)30(34)24-11-19-28(36-6)20-12-24/h9-22H,7-8H2,1-6H3. The average Bonchev–Trinajstić information content (AvgIpc) is 2.93. The molecular weight excluding hydrogens is 452 g/mol. The van der Waals surface area contributed by atoms with Gasteiger partial charge >= 0.3 is 0 Å². The minimum atomic E-state index is -0.0761. The lowest BCUT2D eigenvalue weighted by Crippen LogP contribution is -2.39. The molecule has 2 amide bonds. The fourth-order valence-electron chi connectivity index (χ4n) is 4.03. The molecule has 0 heterocycles. The summed E-state index contributed by atoms with van der Waals surface area (Å²) >= 11 is 0. The Morgan fingerprint density at radius 3 is 1.17 bits per heavy atom. The van der Waals surface area contributed by atoms with E-state index in [2.05, 4.69) is 13.8 Å². The molecule has 2 unspecified atom stereocenters. The topological polar surface area (TPSA) is 59.1 Å². The second-order valence-corrected chi connectivity index (χ2v) is 8.84. The maximum atomic E-state index is 13.5. The van der Waals surface area contributed by atoms with Crippen molar-refractivity contribution in [2.75, 3.05) is 24.0 Å². The Hall–Kier alpha value is -3.80. The van der Waals surface area contributed by atoms with Crippen molar-refractivity contribution in [2.45, 2.75) is 52.6 Å². The Bertz CT molecular complexity index is 1050. The van der Waals surface area contributed by atoms with E-state index in [-0.39, 0.29) is 23.9 Å². The van der Waals surface area contributed by atoms with Gasteiger partial charge in [0, 0.05) is 34.6 Å². The Morgan fingerprint density at radius 1 is 0.611 bits per heavy atom. The third-order valence-corrected chi connectivity index (χ3v) is 6.58. The number of carbonyl (C=O) groups is 2. The van der Waals surface area contributed by atoms with Crippen LogP contribution in [0.5, 0.6) is 11.5 Å².